The lowest BCUT2D eigenvalue weighted by molar-refractivity contribution is 0.268. The second-order valence-electron chi connectivity index (χ2n) is 7.61. The Morgan fingerprint density at radius 2 is 1.39 bits per heavy atom. The van der Waals surface area contributed by atoms with Gasteiger partial charge in [-0.25, -0.2) is 0 Å². The predicted octanol–water partition coefficient (Wildman–Crippen LogP) is 4.98. The Balaban J connectivity index is 1.92. The summed E-state index contributed by atoms with van der Waals surface area (Å²) in [6.07, 6.45) is 0. The van der Waals surface area contributed by atoms with Gasteiger partial charge in [0.1, 0.15) is 11.4 Å². The fourth-order valence-electron chi connectivity index (χ4n) is 3.90. The first-order valence-corrected chi connectivity index (χ1v) is 10.4. The summed E-state index contributed by atoms with van der Waals surface area (Å²) < 4.78 is 10.7. The van der Waals surface area contributed by atoms with Crippen molar-refractivity contribution in [2.75, 3.05) is 14.2 Å². The normalized spacial score (nSPS) is 22.6. The van der Waals surface area contributed by atoms with Crippen molar-refractivity contribution in [2.24, 2.45) is 4.99 Å². The Morgan fingerprint density at radius 3 is 1.94 bits per heavy atom. The van der Waals surface area contributed by atoms with Crippen LogP contribution >= 0.6 is 23.2 Å². The summed E-state index contributed by atoms with van der Waals surface area (Å²) in [7, 11) is 3.09. The van der Waals surface area contributed by atoms with Crippen molar-refractivity contribution in [3.05, 3.63) is 81.3 Å². The minimum Gasteiger partial charge on any atom is -0.480 e. The van der Waals surface area contributed by atoms with Crippen LogP contribution in [0.2, 0.25) is 10.0 Å². The Morgan fingerprint density at radius 1 is 0.806 bits per heavy atom. The van der Waals surface area contributed by atoms with E-state index in [2.05, 4.69) is 29.4 Å². The van der Waals surface area contributed by atoms with Crippen molar-refractivity contribution in [3.8, 4) is 11.8 Å². The molecule has 31 heavy (non-hydrogen) atoms. The molecule has 0 saturated carbocycles. The molecule has 6 nitrogen and oxygen atoms in total. The summed E-state index contributed by atoms with van der Waals surface area (Å²) in [5.74, 6) is 1.35. The van der Waals surface area contributed by atoms with E-state index < -0.39 is 11.1 Å². The van der Waals surface area contributed by atoms with Crippen LogP contribution in [0.25, 0.3) is 0 Å². The third-order valence-electron chi connectivity index (χ3n) is 5.90. The van der Waals surface area contributed by atoms with E-state index in [1.165, 1.54) is 0 Å². The van der Waals surface area contributed by atoms with Crippen molar-refractivity contribution >= 4 is 29.0 Å². The molecule has 1 aliphatic rings. The number of nitrogens with one attached hydrogen (secondary N) is 1. The van der Waals surface area contributed by atoms with E-state index >= 15 is 0 Å². The molecular formula is C23H22Cl2N4O2. The van der Waals surface area contributed by atoms with Crippen LogP contribution in [0.15, 0.2) is 59.6 Å². The summed E-state index contributed by atoms with van der Waals surface area (Å²) in [6, 6.07) is 17.2. The maximum Gasteiger partial charge on any atom is 0.244 e. The van der Waals surface area contributed by atoms with Gasteiger partial charge in [-0.05, 0) is 49.2 Å². The van der Waals surface area contributed by atoms with Gasteiger partial charge in [0.05, 0.1) is 25.3 Å². The van der Waals surface area contributed by atoms with Gasteiger partial charge in [-0.3, -0.25) is 4.99 Å². The zero-order valence-corrected chi connectivity index (χ0v) is 19.1. The topological polar surface area (TPSA) is 68.6 Å². The quantitative estimate of drug-likeness (QED) is 0.585. The summed E-state index contributed by atoms with van der Waals surface area (Å²) in [5, 5.41) is 13.1. The highest BCUT2D eigenvalue weighted by molar-refractivity contribution is 6.30. The highest BCUT2D eigenvalue weighted by Gasteiger charge is 2.52. The number of methoxy groups -OCH3 is 2. The van der Waals surface area contributed by atoms with Crippen LogP contribution in [-0.4, -0.2) is 30.3 Å². The molecule has 3 aromatic rings. The summed E-state index contributed by atoms with van der Waals surface area (Å²) in [4.78, 5) is 5.15. The SMILES string of the molecule is COc1cc(C2=N[C@](C)(c3ccc(Cl)cc3)[C@](C)(c3ccc(Cl)cc3)N2)c(OC)nn1. The molecule has 8 heteroatoms. The summed E-state index contributed by atoms with van der Waals surface area (Å²) in [6.45, 7) is 4.20. The molecule has 0 spiro atoms. The molecule has 4 rings (SSSR count). The highest BCUT2D eigenvalue weighted by Crippen LogP contribution is 2.48. The Labute approximate surface area is 191 Å². The van der Waals surface area contributed by atoms with E-state index in [1.54, 1.807) is 20.3 Å². The molecule has 2 heterocycles. The molecule has 160 valence electrons. The van der Waals surface area contributed by atoms with E-state index in [9.17, 15) is 0 Å². The number of aromatic nitrogens is 2. The lowest BCUT2D eigenvalue weighted by Crippen LogP contribution is -2.50. The maximum atomic E-state index is 6.16. The second kappa shape index (κ2) is 8.02. The van der Waals surface area contributed by atoms with E-state index in [0.717, 1.165) is 11.1 Å². The van der Waals surface area contributed by atoms with Crippen LogP contribution < -0.4 is 14.8 Å². The average molecular weight is 457 g/mol. The van der Waals surface area contributed by atoms with E-state index in [1.807, 2.05) is 48.5 Å². The van der Waals surface area contributed by atoms with Crippen molar-refractivity contribution in [1.29, 1.82) is 0 Å². The van der Waals surface area contributed by atoms with Crippen LogP contribution in [0, 0.1) is 0 Å². The standard InChI is InChI=1S/C23H22Cl2N4O2/c1-22(14-5-9-16(24)10-6-14)23(2,15-7-11-17(25)12-8-15)27-20(26-22)18-13-19(30-3)28-29-21(18)31-4/h5-13H,1-4H3,(H,26,27)/t22-,23+. The zero-order chi connectivity index (χ0) is 22.2. The molecule has 0 bridgehead atoms. The summed E-state index contributed by atoms with van der Waals surface area (Å²) >= 11 is 12.3. The molecule has 0 amide bonds. The molecule has 0 fully saturated rings. The molecule has 0 aliphatic carbocycles. The lowest BCUT2D eigenvalue weighted by atomic mass is 9.72. The summed E-state index contributed by atoms with van der Waals surface area (Å²) in [5.41, 5.74) is 1.41. The fraction of sp³-hybridized carbons (Fsp3) is 0.261. The van der Waals surface area contributed by atoms with Gasteiger partial charge >= 0.3 is 0 Å². The van der Waals surface area contributed by atoms with Crippen LogP contribution in [0.5, 0.6) is 11.8 Å². The predicted molar refractivity (Wildman–Crippen MR) is 122 cm³/mol. The fourth-order valence-corrected chi connectivity index (χ4v) is 4.15. The van der Waals surface area contributed by atoms with Crippen LogP contribution in [0.3, 0.4) is 0 Å². The van der Waals surface area contributed by atoms with Crippen LogP contribution in [0.1, 0.15) is 30.5 Å². The molecule has 0 radical (unpaired) electrons. The van der Waals surface area contributed by atoms with Crippen LogP contribution in [-0.2, 0) is 11.1 Å². The maximum absolute atomic E-state index is 6.16. The van der Waals surface area contributed by atoms with Gasteiger partial charge in [-0.2, -0.15) is 0 Å². The van der Waals surface area contributed by atoms with Crippen molar-refractivity contribution < 1.29 is 9.47 Å². The number of hydrogen-bond donors (Lipinski definition) is 1. The van der Waals surface area contributed by atoms with Gasteiger partial charge < -0.3 is 14.8 Å². The number of nitrogens with zero attached hydrogens (tertiary/aromatic N) is 3. The van der Waals surface area contributed by atoms with Gasteiger partial charge in [-0.1, -0.05) is 47.5 Å². The number of rotatable bonds is 5. The Kier molecular flexibility index (Phi) is 5.54. The molecule has 0 unspecified atom stereocenters. The first-order chi connectivity index (χ1) is 14.8. The van der Waals surface area contributed by atoms with Gasteiger partial charge in [0, 0.05) is 16.1 Å². The molecule has 2 aromatic carbocycles. The van der Waals surface area contributed by atoms with Gasteiger partial charge in [0.15, 0.2) is 0 Å². The van der Waals surface area contributed by atoms with E-state index in [4.69, 9.17) is 37.7 Å². The first-order valence-electron chi connectivity index (χ1n) is 9.67. The first kappa shape index (κ1) is 21.4. The van der Waals surface area contributed by atoms with E-state index in [0.29, 0.717) is 33.2 Å². The number of aliphatic imine (C=N–C) groups is 1. The molecule has 1 aliphatic heterocycles. The van der Waals surface area contributed by atoms with Crippen molar-refractivity contribution in [2.45, 2.75) is 24.9 Å². The second-order valence-corrected chi connectivity index (χ2v) is 8.48. The Bertz CT molecular complexity index is 1140. The number of amidine groups is 1. The van der Waals surface area contributed by atoms with Gasteiger partial charge in [-0.15, -0.1) is 10.2 Å². The number of hydrogen-bond acceptors (Lipinski definition) is 6. The molecular weight excluding hydrogens is 435 g/mol. The van der Waals surface area contributed by atoms with Crippen molar-refractivity contribution in [1.82, 2.24) is 15.5 Å². The monoisotopic (exact) mass is 456 g/mol. The highest BCUT2D eigenvalue weighted by atomic mass is 35.5. The van der Waals surface area contributed by atoms with Gasteiger partial charge in [0.25, 0.3) is 0 Å². The lowest BCUT2D eigenvalue weighted by Gasteiger charge is -2.40. The zero-order valence-electron chi connectivity index (χ0n) is 17.6. The van der Waals surface area contributed by atoms with E-state index in [-0.39, 0.29) is 0 Å². The number of benzene rings is 2. The number of ether oxygens (including phenoxy) is 2. The number of halogens is 2. The molecule has 1 N–H and O–H groups in total. The largest absolute Gasteiger partial charge is 0.480 e. The molecule has 1 aromatic heterocycles. The van der Waals surface area contributed by atoms with Gasteiger partial charge in [0.2, 0.25) is 11.8 Å². The minimum atomic E-state index is -0.678. The molecule has 2 atom stereocenters. The Hall–Kier alpha value is -2.83. The van der Waals surface area contributed by atoms with Crippen molar-refractivity contribution in [3.63, 3.8) is 0 Å². The smallest absolute Gasteiger partial charge is 0.244 e. The third-order valence-corrected chi connectivity index (χ3v) is 6.40. The average Bonchev–Trinajstić information content (AvgIpc) is 3.06. The molecule has 0 saturated heterocycles. The van der Waals surface area contributed by atoms with Crippen LogP contribution in [0.4, 0.5) is 0 Å². The minimum absolute atomic E-state index is 0.353. The third kappa shape index (κ3) is 3.60.